The number of hydrogen-bond donors (Lipinski definition) is 2. The number of nitrogens with one attached hydrogen (secondary N) is 1. The molecule has 0 spiro atoms. The molecule has 24 heavy (non-hydrogen) atoms. The largest absolute Gasteiger partial charge is 0.483 e. The van der Waals surface area contributed by atoms with Gasteiger partial charge >= 0.3 is 0 Å². The molecule has 0 aliphatic carbocycles. The third-order valence-corrected chi connectivity index (χ3v) is 4.41. The van der Waals surface area contributed by atoms with Gasteiger partial charge in [-0.2, -0.15) is 0 Å². The van der Waals surface area contributed by atoms with Gasteiger partial charge in [0.05, 0.1) is 0 Å². The minimum atomic E-state index is -0.250. The molecule has 0 aliphatic rings. The Balaban J connectivity index is 0. The van der Waals surface area contributed by atoms with Gasteiger partial charge in [-0.25, -0.2) is 0 Å². The average molecular weight is 344 g/mol. The summed E-state index contributed by atoms with van der Waals surface area (Å²) in [6.07, 6.45) is 22.8. The van der Waals surface area contributed by atoms with E-state index in [9.17, 15) is 0 Å². The van der Waals surface area contributed by atoms with Crippen molar-refractivity contribution >= 4 is 6.47 Å². The van der Waals surface area contributed by atoms with E-state index in [1.54, 1.807) is 0 Å². The highest BCUT2D eigenvalue weighted by atomic mass is 16.3. The van der Waals surface area contributed by atoms with Crippen LogP contribution in [0.3, 0.4) is 0 Å². The lowest BCUT2D eigenvalue weighted by atomic mass is 10.1. The van der Waals surface area contributed by atoms with Crippen molar-refractivity contribution in [2.75, 3.05) is 13.1 Å². The van der Waals surface area contributed by atoms with Crippen LogP contribution in [0.15, 0.2) is 0 Å². The van der Waals surface area contributed by atoms with Crippen LogP contribution < -0.4 is 5.32 Å². The second kappa shape index (κ2) is 27.3. The normalized spacial score (nSPS) is 10.2. The molecule has 0 aliphatic heterocycles. The van der Waals surface area contributed by atoms with E-state index in [4.69, 9.17) is 9.90 Å². The Hall–Kier alpha value is -0.570. The second-order valence-corrected chi connectivity index (χ2v) is 6.81. The zero-order chi connectivity index (χ0) is 18.1. The van der Waals surface area contributed by atoms with Gasteiger partial charge in [0.2, 0.25) is 0 Å². The van der Waals surface area contributed by atoms with Crippen molar-refractivity contribution in [3.05, 3.63) is 0 Å². The fourth-order valence-electron chi connectivity index (χ4n) is 2.89. The Kier molecular flexibility index (Phi) is 29.2. The topological polar surface area (TPSA) is 49.3 Å². The van der Waals surface area contributed by atoms with E-state index in [2.05, 4.69) is 19.2 Å². The summed E-state index contributed by atoms with van der Waals surface area (Å²) >= 11 is 0. The van der Waals surface area contributed by atoms with Crippen molar-refractivity contribution in [2.24, 2.45) is 0 Å². The highest BCUT2D eigenvalue weighted by Gasteiger charge is 1.93. The molecule has 0 amide bonds. The Labute approximate surface area is 152 Å². The van der Waals surface area contributed by atoms with Gasteiger partial charge in [0.25, 0.3) is 6.47 Å². The molecule has 0 unspecified atom stereocenters. The van der Waals surface area contributed by atoms with E-state index in [1.165, 1.54) is 116 Å². The molecule has 0 aromatic rings. The maximum absolute atomic E-state index is 8.36. The summed E-state index contributed by atoms with van der Waals surface area (Å²) in [6.45, 7) is 6.81. The lowest BCUT2D eigenvalue weighted by Crippen LogP contribution is -2.16. The van der Waals surface area contributed by atoms with Gasteiger partial charge in [0.15, 0.2) is 0 Å². The Morgan fingerprint density at radius 3 is 1.12 bits per heavy atom. The van der Waals surface area contributed by atoms with Crippen molar-refractivity contribution in [2.45, 2.75) is 117 Å². The third kappa shape index (κ3) is 29.4. The zero-order valence-electron chi connectivity index (χ0n) is 16.7. The van der Waals surface area contributed by atoms with E-state index < -0.39 is 0 Å². The van der Waals surface area contributed by atoms with Gasteiger partial charge in [-0.15, -0.1) is 0 Å². The Morgan fingerprint density at radius 2 is 0.833 bits per heavy atom. The smallest absolute Gasteiger partial charge is 0.290 e. The number of hydrogen-bond acceptors (Lipinski definition) is 2. The van der Waals surface area contributed by atoms with Crippen LogP contribution in [0.25, 0.3) is 0 Å². The lowest BCUT2D eigenvalue weighted by molar-refractivity contribution is -0.122. The molecule has 146 valence electrons. The minimum absolute atomic E-state index is 0.250. The molecule has 0 heterocycles. The highest BCUT2D eigenvalue weighted by Crippen LogP contribution is 2.09. The SMILES string of the molecule is CCCCCCCCCCNCCCCCCCCCC.O=CO. The summed E-state index contributed by atoms with van der Waals surface area (Å²) in [5.41, 5.74) is 0. The maximum Gasteiger partial charge on any atom is 0.290 e. The molecule has 0 saturated carbocycles. The van der Waals surface area contributed by atoms with E-state index >= 15 is 0 Å². The lowest BCUT2D eigenvalue weighted by Gasteiger charge is -2.05. The van der Waals surface area contributed by atoms with Gasteiger partial charge in [-0.05, 0) is 25.9 Å². The first-order valence-corrected chi connectivity index (χ1v) is 10.6. The maximum atomic E-state index is 8.36. The van der Waals surface area contributed by atoms with Crippen LogP contribution in [0.1, 0.15) is 117 Å². The van der Waals surface area contributed by atoms with Gasteiger partial charge in [0, 0.05) is 0 Å². The summed E-state index contributed by atoms with van der Waals surface area (Å²) in [5.74, 6) is 0. The van der Waals surface area contributed by atoms with Crippen LogP contribution in [0.2, 0.25) is 0 Å². The minimum Gasteiger partial charge on any atom is -0.483 e. The Bertz CT molecular complexity index is 192. The highest BCUT2D eigenvalue weighted by molar-refractivity contribution is 5.32. The van der Waals surface area contributed by atoms with Crippen LogP contribution in [-0.4, -0.2) is 24.7 Å². The fourth-order valence-corrected chi connectivity index (χ4v) is 2.89. The van der Waals surface area contributed by atoms with E-state index in [1.807, 2.05) is 0 Å². The third-order valence-electron chi connectivity index (χ3n) is 4.41. The second-order valence-electron chi connectivity index (χ2n) is 6.81. The summed E-state index contributed by atoms with van der Waals surface area (Å²) in [7, 11) is 0. The van der Waals surface area contributed by atoms with Crippen molar-refractivity contribution < 1.29 is 9.90 Å². The van der Waals surface area contributed by atoms with Crippen LogP contribution >= 0.6 is 0 Å². The monoisotopic (exact) mass is 343 g/mol. The first kappa shape index (κ1) is 25.7. The quantitative estimate of drug-likeness (QED) is 0.219. The number of rotatable bonds is 18. The van der Waals surface area contributed by atoms with Gasteiger partial charge < -0.3 is 10.4 Å². The molecule has 0 atom stereocenters. The molecular formula is C21H45NO2. The molecule has 0 aromatic heterocycles. The van der Waals surface area contributed by atoms with Crippen molar-refractivity contribution in [1.82, 2.24) is 5.32 Å². The van der Waals surface area contributed by atoms with Crippen molar-refractivity contribution in [1.29, 1.82) is 0 Å². The number of carboxylic acid groups (broad SMARTS) is 1. The average Bonchev–Trinajstić information content (AvgIpc) is 2.58. The first-order chi connectivity index (χ1) is 11.8. The molecule has 0 radical (unpaired) electrons. The molecule has 3 heteroatoms. The molecule has 0 aromatic carbocycles. The van der Waals surface area contributed by atoms with E-state index in [0.717, 1.165) is 0 Å². The molecule has 0 fully saturated rings. The van der Waals surface area contributed by atoms with Crippen molar-refractivity contribution in [3.63, 3.8) is 0 Å². The summed E-state index contributed by atoms with van der Waals surface area (Å²) in [6, 6.07) is 0. The van der Waals surface area contributed by atoms with Gasteiger partial charge in [-0.1, -0.05) is 104 Å². The Morgan fingerprint density at radius 1 is 0.583 bits per heavy atom. The van der Waals surface area contributed by atoms with Gasteiger partial charge in [-0.3, -0.25) is 4.79 Å². The van der Waals surface area contributed by atoms with Crippen LogP contribution in [0, 0.1) is 0 Å². The van der Waals surface area contributed by atoms with Crippen LogP contribution in [0.4, 0.5) is 0 Å². The van der Waals surface area contributed by atoms with Crippen LogP contribution in [0.5, 0.6) is 0 Å². The fraction of sp³-hybridized carbons (Fsp3) is 0.952. The molecule has 0 rings (SSSR count). The summed E-state index contributed by atoms with van der Waals surface area (Å²) in [4.78, 5) is 8.36. The van der Waals surface area contributed by atoms with Crippen molar-refractivity contribution in [3.8, 4) is 0 Å². The standard InChI is InChI=1S/C20H43N.CH2O2/c1-3-5-7-9-11-13-15-17-19-21-20-18-16-14-12-10-8-6-4-2;2-1-3/h21H,3-20H2,1-2H3;1H,(H,2,3). The van der Waals surface area contributed by atoms with E-state index in [-0.39, 0.29) is 6.47 Å². The van der Waals surface area contributed by atoms with E-state index in [0.29, 0.717) is 0 Å². The molecular weight excluding hydrogens is 298 g/mol. The van der Waals surface area contributed by atoms with Gasteiger partial charge in [0.1, 0.15) is 0 Å². The molecule has 3 nitrogen and oxygen atoms in total. The molecule has 0 bridgehead atoms. The summed E-state index contributed by atoms with van der Waals surface area (Å²) < 4.78 is 0. The molecule has 2 N–H and O–H groups in total. The molecule has 0 saturated heterocycles. The first-order valence-electron chi connectivity index (χ1n) is 10.6. The zero-order valence-corrected chi connectivity index (χ0v) is 16.7. The number of carbonyl (C=O) groups is 1. The van der Waals surface area contributed by atoms with Crippen LogP contribution in [-0.2, 0) is 4.79 Å². The predicted molar refractivity (Wildman–Crippen MR) is 107 cm³/mol. The predicted octanol–water partition coefficient (Wildman–Crippen LogP) is 6.56. The summed E-state index contributed by atoms with van der Waals surface area (Å²) in [5, 5.41) is 10.5. The number of unbranched alkanes of at least 4 members (excludes halogenated alkanes) is 14.